The summed E-state index contributed by atoms with van der Waals surface area (Å²) in [5, 5.41) is 6.34. The summed E-state index contributed by atoms with van der Waals surface area (Å²) in [6, 6.07) is 18.5. The topological polar surface area (TPSA) is 41.9 Å². The maximum atomic E-state index is 13.0. The van der Waals surface area contributed by atoms with Crippen LogP contribution in [0.1, 0.15) is 18.1 Å². The Morgan fingerprint density at radius 2 is 1.68 bits per heavy atom. The van der Waals surface area contributed by atoms with E-state index in [2.05, 4.69) is 5.10 Å². The third-order valence-electron chi connectivity index (χ3n) is 4.69. The van der Waals surface area contributed by atoms with Gasteiger partial charge in [-0.3, -0.25) is 4.79 Å². The van der Waals surface area contributed by atoms with E-state index in [1.165, 1.54) is 17.1 Å². The fourth-order valence-electron chi connectivity index (χ4n) is 3.13. The highest BCUT2D eigenvalue weighted by molar-refractivity contribution is 6.37. The molecule has 0 N–H and O–H groups in total. The predicted molar refractivity (Wildman–Crippen MR) is 122 cm³/mol. The lowest BCUT2D eigenvalue weighted by molar-refractivity contribution is -0.114. The Hall–Kier alpha value is -3.15. The molecular formula is C24H17Cl2FN2O2. The van der Waals surface area contributed by atoms with E-state index in [-0.39, 0.29) is 18.3 Å². The average Bonchev–Trinajstić information content (AvgIpc) is 3.03. The van der Waals surface area contributed by atoms with Crippen molar-refractivity contribution >= 4 is 46.6 Å². The molecule has 3 aromatic carbocycles. The van der Waals surface area contributed by atoms with E-state index in [0.717, 1.165) is 5.56 Å². The Kier molecular flexibility index (Phi) is 6.07. The fourth-order valence-corrected chi connectivity index (χ4v) is 3.75. The summed E-state index contributed by atoms with van der Waals surface area (Å²) >= 11 is 12.8. The van der Waals surface area contributed by atoms with Gasteiger partial charge in [0, 0.05) is 0 Å². The van der Waals surface area contributed by atoms with Gasteiger partial charge in [0.1, 0.15) is 12.4 Å². The lowest BCUT2D eigenvalue weighted by Gasteiger charge is -2.12. The first-order valence-electron chi connectivity index (χ1n) is 9.45. The van der Waals surface area contributed by atoms with Crippen LogP contribution in [-0.4, -0.2) is 11.6 Å². The highest BCUT2D eigenvalue weighted by Gasteiger charge is 2.28. The molecule has 4 nitrogen and oxygen atoms in total. The van der Waals surface area contributed by atoms with Crippen molar-refractivity contribution in [3.05, 3.63) is 99.3 Å². The van der Waals surface area contributed by atoms with Crippen molar-refractivity contribution in [3.8, 4) is 5.75 Å². The van der Waals surface area contributed by atoms with E-state index >= 15 is 0 Å². The fraction of sp³-hybridized carbons (Fsp3) is 0.0833. The number of ether oxygens (including phenoxy) is 1. The molecule has 156 valence electrons. The number of carbonyl (C=O) groups excluding carboxylic acids is 1. The lowest BCUT2D eigenvalue weighted by atomic mass is 10.1. The zero-order valence-electron chi connectivity index (χ0n) is 16.5. The SMILES string of the molecule is CC1=NN(c2ccccc2)C(=O)/C1=C/c1cc(Cl)c(OCc2ccc(F)cc2)c(Cl)c1. The van der Waals surface area contributed by atoms with Crippen molar-refractivity contribution in [1.82, 2.24) is 0 Å². The van der Waals surface area contributed by atoms with E-state index in [0.29, 0.717) is 38.3 Å². The second kappa shape index (κ2) is 8.92. The Labute approximate surface area is 189 Å². The van der Waals surface area contributed by atoms with Gasteiger partial charge in [0.15, 0.2) is 5.75 Å². The van der Waals surface area contributed by atoms with Crippen LogP contribution in [0.4, 0.5) is 10.1 Å². The molecule has 0 aromatic heterocycles. The molecule has 1 aliphatic rings. The number of hydrogen-bond acceptors (Lipinski definition) is 3. The summed E-state index contributed by atoms with van der Waals surface area (Å²) in [7, 11) is 0. The number of hydrogen-bond donors (Lipinski definition) is 0. The first-order valence-corrected chi connectivity index (χ1v) is 10.2. The molecule has 1 heterocycles. The number of benzene rings is 3. The molecule has 0 atom stereocenters. The number of hydrazone groups is 1. The van der Waals surface area contributed by atoms with Gasteiger partial charge in [-0.05, 0) is 60.5 Å². The van der Waals surface area contributed by atoms with Gasteiger partial charge in [-0.2, -0.15) is 10.1 Å². The van der Waals surface area contributed by atoms with Gasteiger partial charge in [-0.1, -0.05) is 53.5 Å². The minimum atomic E-state index is -0.316. The predicted octanol–water partition coefficient (Wildman–Crippen LogP) is 6.52. The smallest absolute Gasteiger partial charge is 0.280 e. The van der Waals surface area contributed by atoms with Crippen molar-refractivity contribution in [2.45, 2.75) is 13.5 Å². The van der Waals surface area contributed by atoms with E-state index in [4.69, 9.17) is 27.9 Å². The number of rotatable bonds is 5. The number of halogens is 3. The zero-order valence-corrected chi connectivity index (χ0v) is 18.0. The summed E-state index contributed by atoms with van der Waals surface area (Å²) in [5.74, 6) is -0.222. The summed E-state index contributed by atoms with van der Waals surface area (Å²) < 4.78 is 18.8. The molecule has 0 fully saturated rings. The first-order chi connectivity index (χ1) is 14.9. The van der Waals surface area contributed by atoms with E-state index in [9.17, 15) is 9.18 Å². The standard InChI is InChI=1S/C24H17Cl2FN2O2/c1-15-20(24(30)29(28-15)19-5-3-2-4-6-19)11-17-12-21(25)23(22(26)13-17)31-14-16-7-9-18(27)10-8-16/h2-13H,14H2,1H3/b20-11+. The van der Waals surface area contributed by atoms with Crippen LogP contribution in [0.2, 0.25) is 10.0 Å². The molecule has 0 spiro atoms. The molecule has 7 heteroatoms. The second-order valence-corrected chi connectivity index (χ2v) is 7.74. The van der Waals surface area contributed by atoms with Gasteiger partial charge in [0.2, 0.25) is 0 Å². The third-order valence-corrected chi connectivity index (χ3v) is 5.25. The van der Waals surface area contributed by atoms with Crippen molar-refractivity contribution in [2.24, 2.45) is 5.10 Å². The molecule has 4 rings (SSSR count). The quantitative estimate of drug-likeness (QED) is 0.411. The highest BCUT2D eigenvalue weighted by Crippen LogP contribution is 2.36. The van der Waals surface area contributed by atoms with Crippen LogP contribution >= 0.6 is 23.2 Å². The molecule has 0 saturated heterocycles. The van der Waals surface area contributed by atoms with Crippen LogP contribution in [0, 0.1) is 5.82 Å². The second-order valence-electron chi connectivity index (χ2n) is 6.92. The molecule has 0 aliphatic carbocycles. The van der Waals surface area contributed by atoms with Gasteiger partial charge >= 0.3 is 0 Å². The number of para-hydroxylation sites is 1. The molecule has 0 unspecified atom stereocenters. The number of anilines is 1. The van der Waals surface area contributed by atoms with Crippen molar-refractivity contribution in [3.63, 3.8) is 0 Å². The maximum Gasteiger partial charge on any atom is 0.280 e. The van der Waals surface area contributed by atoms with E-state index in [1.807, 2.05) is 30.3 Å². The van der Waals surface area contributed by atoms with Gasteiger partial charge < -0.3 is 4.74 Å². The minimum Gasteiger partial charge on any atom is -0.486 e. The van der Waals surface area contributed by atoms with Crippen molar-refractivity contribution in [1.29, 1.82) is 0 Å². The molecule has 1 aliphatic heterocycles. The largest absolute Gasteiger partial charge is 0.486 e. The zero-order chi connectivity index (χ0) is 22.0. The van der Waals surface area contributed by atoms with Crippen molar-refractivity contribution in [2.75, 3.05) is 5.01 Å². The number of amides is 1. The molecule has 1 amide bonds. The van der Waals surface area contributed by atoms with Crippen molar-refractivity contribution < 1.29 is 13.9 Å². The molecule has 31 heavy (non-hydrogen) atoms. The molecule has 3 aromatic rings. The van der Waals surface area contributed by atoms with Crippen LogP contribution in [0.25, 0.3) is 6.08 Å². The molecular weight excluding hydrogens is 438 g/mol. The summed E-state index contributed by atoms with van der Waals surface area (Å²) in [5.41, 5.74) is 3.17. The van der Waals surface area contributed by atoms with Gasteiger partial charge in [0.05, 0.1) is 27.0 Å². The van der Waals surface area contributed by atoms with Crippen LogP contribution in [-0.2, 0) is 11.4 Å². The van der Waals surface area contributed by atoms with E-state index < -0.39 is 0 Å². The lowest BCUT2D eigenvalue weighted by Crippen LogP contribution is -2.21. The van der Waals surface area contributed by atoms with Crippen LogP contribution < -0.4 is 9.75 Å². The van der Waals surface area contributed by atoms with Crippen LogP contribution in [0.15, 0.2) is 77.4 Å². The van der Waals surface area contributed by atoms with Gasteiger partial charge in [0.25, 0.3) is 5.91 Å². The maximum absolute atomic E-state index is 13.0. The Bertz CT molecular complexity index is 1170. The van der Waals surface area contributed by atoms with Crippen LogP contribution in [0.5, 0.6) is 5.75 Å². The summed E-state index contributed by atoms with van der Waals surface area (Å²) in [6.07, 6.45) is 1.70. The molecule has 0 radical (unpaired) electrons. The molecule has 0 saturated carbocycles. The molecule has 0 bridgehead atoms. The summed E-state index contributed by atoms with van der Waals surface area (Å²) in [4.78, 5) is 12.9. The Morgan fingerprint density at radius 3 is 2.32 bits per heavy atom. The first kappa shape index (κ1) is 21.1. The normalized spacial score (nSPS) is 14.8. The Morgan fingerprint density at radius 1 is 1.03 bits per heavy atom. The average molecular weight is 455 g/mol. The van der Waals surface area contributed by atoms with E-state index in [1.54, 1.807) is 37.3 Å². The monoisotopic (exact) mass is 454 g/mol. The summed E-state index contributed by atoms with van der Waals surface area (Å²) in [6.45, 7) is 1.96. The highest BCUT2D eigenvalue weighted by atomic mass is 35.5. The van der Waals surface area contributed by atoms with Gasteiger partial charge in [-0.15, -0.1) is 0 Å². The minimum absolute atomic E-state index is 0.191. The number of nitrogens with zero attached hydrogens (tertiary/aromatic N) is 2. The number of carbonyl (C=O) groups is 1. The Balaban J connectivity index is 1.55. The third kappa shape index (κ3) is 4.63. The van der Waals surface area contributed by atoms with Gasteiger partial charge in [-0.25, -0.2) is 4.39 Å². The van der Waals surface area contributed by atoms with Crippen LogP contribution in [0.3, 0.4) is 0 Å².